The molecule has 8 heteroatoms. The van der Waals surface area contributed by atoms with Gasteiger partial charge < -0.3 is 19.4 Å². The zero-order valence-corrected chi connectivity index (χ0v) is 18.6. The summed E-state index contributed by atoms with van der Waals surface area (Å²) in [6, 6.07) is 11.8. The molecule has 0 radical (unpaired) electrons. The molecule has 0 saturated carbocycles. The van der Waals surface area contributed by atoms with Crippen molar-refractivity contribution in [1.29, 1.82) is 0 Å². The van der Waals surface area contributed by atoms with Crippen LogP contribution in [0.1, 0.15) is 52.7 Å². The Balaban J connectivity index is 1.35. The molecule has 0 unspecified atom stereocenters. The van der Waals surface area contributed by atoms with Crippen molar-refractivity contribution in [2.45, 2.75) is 31.7 Å². The van der Waals surface area contributed by atoms with Crippen molar-refractivity contribution in [1.82, 2.24) is 25.1 Å². The molecule has 1 saturated heterocycles. The van der Waals surface area contributed by atoms with Crippen molar-refractivity contribution in [2.24, 2.45) is 0 Å². The van der Waals surface area contributed by atoms with Gasteiger partial charge in [-0.25, -0.2) is 4.98 Å². The Labute approximate surface area is 190 Å². The molecule has 3 heterocycles. The van der Waals surface area contributed by atoms with Crippen LogP contribution in [-0.4, -0.2) is 51.7 Å². The van der Waals surface area contributed by atoms with Gasteiger partial charge in [-0.15, -0.1) is 0 Å². The van der Waals surface area contributed by atoms with Gasteiger partial charge >= 0.3 is 0 Å². The number of likely N-dealkylation sites (tertiary alicyclic amines) is 1. The number of nitrogens with one attached hydrogen (secondary N) is 2. The number of carbonyl (C=O) groups is 1. The first kappa shape index (κ1) is 19.8. The standard InChI is InChI=1S/C25H25N5O3/c1-32-20-12-14-11-16-22(15(14)13-21(20)33-2)28-29-23(16)25(31)30-10-6-5-9-19(30)24-26-17-7-3-4-8-18(17)27-24/h3-4,7-8,12-13,19H,5-6,9-11H2,1-2H3,(H,26,27)(H,28,29)/t19-/m0/s1. The summed E-state index contributed by atoms with van der Waals surface area (Å²) >= 11 is 0. The van der Waals surface area contributed by atoms with E-state index < -0.39 is 0 Å². The number of rotatable bonds is 4. The third-order valence-corrected chi connectivity index (χ3v) is 6.80. The van der Waals surface area contributed by atoms with Crippen LogP contribution in [0.4, 0.5) is 0 Å². The van der Waals surface area contributed by atoms with Crippen LogP contribution in [-0.2, 0) is 6.42 Å². The van der Waals surface area contributed by atoms with Crippen molar-refractivity contribution in [3.05, 3.63) is 59.0 Å². The molecule has 2 aliphatic rings. The van der Waals surface area contributed by atoms with E-state index in [0.717, 1.165) is 58.5 Å². The molecule has 33 heavy (non-hydrogen) atoms. The lowest BCUT2D eigenvalue weighted by atomic mass is 10.00. The van der Waals surface area contributed by atoms with E-state index in [1.165, 1.54) is 0 Å². The van der Waals surface area contributed by atoms with E-state index in [1.807, 2.05) is 41.3 Å². The number of aromatic amines is 2. The zero-order valence-electron chi connectivity index (χ0n) is 18.6. The van der Waals surface area contributed by atoms with E-state index >= 15 is 0 Å². The first-order valence-electron chi connectivity index (χ1n) is 11.3. The number of hydrogen-bond acceptors (Lipinski definition) is 5. The minimum absolute atomic E-state index is 0.0272. The number of H-pyrrole nitrogens is 2. The highest BCUT2D eigenvalue weighted by Crippen LogP contribution is 2.43. The van der Waals surface area contributed by atoms with Gasteiger partial charge in [0.05, 0.1) is 37.0 Å². The number of benzene rings is 2. The summed E-state index contributed by atoms with van der Waals surface area (Å²) in [4.78, 5) is 23.9. The van der Waals surface area contributed by atoms with E-state index in [9.17, 15) is 4.79 Å². The second kappa shape index (κ2) is 7.65. The summed E-state index contributed by atoms with van der Waals surface area (Å²) in [7, 11) is 3.25. The van der Waals surface area contributed by atoms with E-state index in [-0.39, 0.29) is 11.9 Å². The number of imidazole rings is 1. The fourth-order valence-corrected chi connectivity index (χ4v) is 5.15. The van der Waals surface area contributed by atoms with Crippen molar-refractivity contribution < 1.29 is 14.3 Å². The lowest BCUT2D eigenvalue weighted by Crippen LogP contribution is -2.39. The molecule has 2 aromatic carbocycles. The molecule has 2 N–H and O–H groups in total. The van der Waals surface area contributed by atoms with Gasteiger partial charge in [0, 0.05) is 24.1 Å². The number of piperidine rings is 1. The molecule has 6 rings (SSSR count). The van der Waals surface area contributed by atoms with Crippen LogP contribution >= 0.6 is 0 Å². The topological polar surface area (TPSA) is 96.1 Å². The van der Waals surface area contributed by atoms with E-state index in [2.05, 4.69) is 15.2 Å². The van der Waals surface area contributed by atoms with Gasteiger partial charge in [-0.2, -0.15) is 5.10 Å². The number of para-hydroxylation sites is 2. The first-order valence-corrected chi connectivity index (χ1v) is 11.3. The van der Waals surface area contributed by atoms with Crippen LogP contribution < -0.4 is 9.47 Å². The van der Waals surface area contributed by atoms with Gasteiger partial charge in [-0.05, 0) is 49.1 Å². The van der Waals surface area contributed by atoms with E-state index in [4.69, 9.17) is 14.5 Å². The fraction of sp³-hybridized carbons (Fsp3) is 0.320. The normalized spacial score (nSPS) is 17.2. The maximum atomic E-state index is 13.8. The van der Waals surface area contributed by atoms with Gasteiger partial charge in [0.25, 0.3) is 5.91 Å². The lowest BCUT2D eigenvalue weighted by Gasteiger charge is -2.34. The maximum Gasteiger partial charge on any atom is 0.272 e. The Morgan fingerprint density at radius 3 is 2.76 bits per heavy atom. The molecule has 2 aromatic heterocycles. The summed E-state index contributed by atoms with van der Waals surface area (Å²) < 4.78 is 10.9. The number of aromatic nitrogens is 4. The van der Waals surface area contributed by atoms with Crippen LogP contribution in [0.2, 0.25) is 0 Å². The Morgan fingerprint density at radius 1 is 1.12 bits per heavy atom. The monoisotopic (exact) mass is 443 g/mol. The zero-order chi connectivity index (χ0) is 22.5. The molecule has 0 bridgehead atoms. The minimum atomic E-state index is -0.0819. The number of fused-ring (bicyclic) bond motifs is 4. The highest BCUT2D eigenvalue weighted by Gasteiger charge is 2.35. The molecule has 1 fully saturated rings. The smallest absolute Gasteiger partial charge is 0.272 e. The van der Waals surface area contributed by atoms with Crippen LogP contribution in [0.3, 0.4) is 0 Å². The Hall–Kier alpha value is -3.81. The molecule has 1 atom stereocenters. The fourth-order valence-electron chi connectivity index (χ4n) is 5.15. The SMILES string of the molecule is COc1cc2c(cc1OC)-c1n[nH]c(C(=O)N3CCCC[C@H]3c3nc4ccccc4[nH]3)c1C2. The molecule has 1 amide bonds. The molecule has 168 valence electrons. The number of hydrogen-bond donors (Lipinski definition) is 2. The molecular weight excluding hydrogens is 418 g/mol. The quantitative estimate of drug-likeness (QED) is 0.433. The van der Waals surface area contributed by atoms with Crippen LogP contribution in [0.15, 0.2) is 36.4 Å². The van der Waals surface area contributed by atoms with Gasteiger partial charge in [0.2, 0.25) is 0 Å². The lowest BCUT2D eigenvalue weighted by molar-refractivity contribution is 0.0594. The molecule has 1 aliphatic heterocycles. The van der Waals surface area contributed by atoms with E-state index in [0.29, 0.717) is 30.2 Å². The summed E-state index contributed by atoms with van der Waals surface area (Å²) in [6.45, 7) is 0.697. The molecule has 1 aliphatic carbocycles. The molecule has 8 nitrogen and oxygen atoms in total. The van der Waals surface area contributed by atoms with Crippen LogP contribution in [0.5, 0.6) is 11.5 Å². The second-order valence-electron chi connectivity index (χ2n) is 8.62. The largest absolute Gasteiger partial charge is 0.493 e. The van der Waals surface area contributed by atoms with Gasteiger partial charge in [-0.3, -0.25) is 9.89 Å². The molecule has 4 aromatic rings. The van der Waals surface area contributed by atoms with Gasteiger partial charge in [0.15, 0.2) is 11.5 Å². The average Bonchev–Trinajstić information content (AvgIpc) is 3.55. The van der Waals surface area contributed by atoms with Crippen LogP contribution in [0, 0.1) is 0 Å². The number of nitrogens with zero attached hydrogens (tertiary/aromatic N) is 3. The predicted octanol–water partition coefficient (Wildman–Crippen LogP) is 4.24. The number of ether oxygens (including phenoxy) is 2. The third kappa shape index (κ3) is 3.08. The minimum Gasteiger partial charge on any atom is -0.493 e. The van der Waals surface area contributed by atoms with Gasteiger partial charge in [0.1, 0.15) is 11.5 Å². The van der Waals surface area contributed by atoms with E-state index in [1.54, 1.807) is 14.2 Å². The average molecular weight is 444 g/mol. The first-order chi connectivity index (χ1) is 16.2. The third-order valence-electron chi connectivity index (χ3n) is 6.80. The van der Waals surface area contributed by atoms with Crippen LogP contribution in [0.25, 0.3) is 22.3 Å². The number of methoxy groups -OCH3 is 2. The highest BCUT2D eigenvalue weighted by atomic mass is 16.5. The van der Waals surface area contributed by atoms with Gasteiger partial charge in [-0.1, -0.05) is 12.1 Å². The second-order valence-corrected chi connectivity index (χ2v) is 8.62. The summed E-state index contributed by atoms with van der Waals surface area (Å²) in [6.07, 6.45) is 3.56. The number of carbonyl (C=O) groups excluding carboxylic acids is 1. The van der Waals surface area contributed by atoms with Crippen molar-refractivity contribution in [2.75, 3.05) is 20.8 Å². The number of amides is 1. The Kier molecular flexibility index (Phi) is 4.60. The highest BCUT2D eigenvalue weighted by molar-refractivity contribution is 5.97. The van der Waals surface area contributed by atoms with Crippen molar-refractivity contribution >= 4 is 16.9 Å². The van der Waals surface area contributed by atoms with Crippen molar-refractivity contribution in [3.63, 3.8) is 0 Å². The Morgan fingerprint density at radius 2 is 1.94 bits per heavy atom. The summed E-state index contributed by atoms with van der Waals surface area (Å²) in [5.74, 6) is 2.15. The summed E-state index contributed by atoms with van der Waals surface area (Å²) in [5.41, 5.74) is 6.27. The predicted molar refractivity (Wildman–Crippen MR) is 124 cm³/mol. The summed E-state index contributed by atoms with van der Waals surface area (Å²) in [5, 5.41) is 7.56. The van der Waals surface area contributed by atoms with Crippen molar-refractivity contribution in [3.8, 4) is 22.8 Å². The Bertz CT molecular complexity index is 1340. The maximum absolute atomic E-state index is 13.8. The molecular formula is C25H25N5O3. The molecule has 0 spiro atoms.